The molecule has 2 rings (SSSR count). The molecular formula is C13H16ClIN4. The largest absolute Gasteiger partial charge is 0.272 e. The molecule has 102 valence electrons. The van der Waals surface area contributed by atoms with E-state index in [0.717, 1.165) is 26.2 Å². The average Bonchev–Trinajstić information content (AvgIpc) is 2.56. The van der Waals surface area contributed by atoms with Crippen LogP contribution in [-0.2, 0) is 7.05 Å². The number of hydrogen-bond donors (Lipinski definition) is 0. The minimum absolute atomic E-state index is 0.309. The highest BCUT2D eigenvalue weighted by atomic mass is 127. The molecule has 4 nitrogen and oxygen atoms in total. The van der Waals surface area contributed by atoms with Crippen LogP contribution in [-0.4, -0.2) is 19.7 Å². The molecule has 0 radical (unpaired) electrons. The number of hydrogen-bond acceptors (Lipinski definition) is 3. The maximum Gasteiger partial charge on any atom is 0.164 e. The monoisotopic (exact) mass is 390 g/mol. The van der Waals surface area contributed by atoms with Crippen molar-refractivity contribution in [1.82, 2.24) is 19.7 Å². The van der Waals surface area contributed by atoms with Crippen LogP contribution in [0.25, 0.3) is 11.4 Å². The summed E-state index contributed by atoms with van der Waals surface area (Å²) < 4.78 is 2.77. The van der Waals surface area contributed by atoms with Gasteiger partial charge in [-0.1, -0.05) is 25.4 Å². The van der Waals surface area contributed by atoms with Gasteiger partial charge in [0, 0.05) is 12.7 Å². The van der Waals surface area contributed by atoms with Crippen molar-refractivity contribution in [3.05, 3.63) is 25.8 Å². The van der Waals surface area contributed by atoms with Crippen molar-refractivity contribution in [3.63, 3.8) is 0 Å². The standard InChI is InChI=1S/C13H16ClIN4/c1-6(2)11-10(15)12(14)17-13(16-11)9-7(3)18-19(5)8(9)4/h6H,1-5H3. The molecule has 0 aliphatic rings. The average molecular weight is 391 g/mol. The Kier molecular flexibility index (Phi) is 4.15. The summed E-state index contributed by atoms with van der Waals surface area (Å²) in [6.07, 6.45) is 0. The maximum absolute atomic E-state index is 6.24. The molecule has 0 aliphatic heterocycles. The quantitative estimate of drug-likeness (QED) is 0.577. The van der Waals surface area contributed by atoms with Crippen LogP contribution in [0.1, 0.15) is 36.8 Å². The molecule has 0 unspecified atom stereocenters. The lowest BCUT2D eigenvalue weighted by molar-refractivity contribution is 0.731. The number of nitrogens with zero attached hydrogens (tertiary/aromatic N) is 4. The Labute approximate surface area is 131 Å². The van der Waals surface area contributed by atoms with E-state index in [1.165, 1.54) is 0 Å². The van der Waals surface area contributed by atoms with Crippen LogP contribution in [0.4, 0.5) is 0 Å². The zero-order chi connectivity index (χ0) is 14.3. The predicted molar refractivity (Wildman–Crippen MR) is 85.5 cm³/mol. The third kappa shape index (κ3) is 2.63. The van der Waals surface area contributed by atoms with E-state index in [1.807, 2.05) is 25.6 Å². The highest BCUT2D eigenvalue weighted by Gasteiger charge is 2.19. The van der Waals surface area contributed by atoms with Gasteiger partial charge < -0.3 is 0 Å². The molecule has 0 spiro atoms. The smallest absolute Gasteiger partial charge is 0.164 e. The third-order valence-electron chi connectivity index (χ3n) is 3.12. The fourth-order valence-corrected chi connectivity index (χ4v) is 3.07. The molecule has 0 aromatic carbocycles. The number of aryl methyl sites for hydroxylation is 2. The summed E-state index contributed by atoms with van der Waals surface area (Å²) in [7, 11) is 1.92. The van der Waals surface area contributed by atoms with Crippen molar-refractivity contribution in [1.29, 1.82) is 0 Å². The van der Waals surface area contributed by atoms with Crippen LogP contribution < -0.4 is 0 Å². The molecule has 6 heteroatoms. The van der Waals surface area contributed by atoms with Gasteiger partial charge in [-0.25, -0.2) is 9.97 Å². The fourth-order valence-electron chi connectivity index (χ4n) is 2.03. The summed E-state index contributed by atoms with van der Waals surface area (Å²) in [6, 6.07) is 0. The molecule has 0 saturated carbocycles. The van der Waals surface area contributed by atoms with Gasteiger partial charge in [-0.15, -0.1) is 0 Å². The zero-order valence-electron chi connectivity index (χ0n) is 11.6. The molecule has 2 heterocycles. The van der Waals surface area contributed by atoms with Crippen LogP contribution in [0.2, 0.25) is 5.15 Å². The van der Waals surface area contributed by atoms with E-state index >= 15 is 0 Å². The Bertz CT molecular complexity index is 634. The van der Waals surface area contributed by atoms with Crippen LogP contribution in [0.5, 0.6) is 0 Å². The predicted octanol–water partition coefficient (Wildman–Crippen LogP) is 3.88. The Balaban J connectivity index is 2.70. The van der Waals surface area contributed by atoms with Crippen LogP contribution in [0, 0.1) is 17.4 Å². The molecule has 0 aliphatic carbocycles. The van der Waals surface area contributed by atoms with Gasteiger partial charge in [0.05, 0.1) is 20.5 Å². The molecule has 0 atom stereocenters. The molecule has 0 saturated heterocycles. The zero-order valence-corrected chi connectivity index (χ0v) is 14.5. The van der Waals surface area contributed by atoms with Crippen LogP contribution in [0.15, 0.2) is 0 Å². The summed E-state index contributed by atoms with van der Waals surface area (Å²) in [5.74, 6) is 0.973. The second-order valence-corrected chi connectivity index (χ2v) is 6.30. The van der Waals surface area contributed by atoms with Crippen molar-refractivity contribution >= 4 is 34.2 Å². The minimum atomic E-state index is 0.309. The number of halogens is 2. The third-order valence-corrected chi connectivity index (χ3v) is 4.77. The molecule has 0 bridgehead atoms. The highest BCUT2D eigenvalue weighted by molar-refractivity contribution is 14.1. The van der Waals surface area contributed by atoms with Crippen molar-refractivity contribution in [2.75, 3.05) is 0 Å². The lowest BCUT2D eigenvalue weighted by Crippen LogP contribution is -2.03. The van der Waals surface area contributed by atoms with E-state index in [2.05, 4.69) is 51.5 Å². The van der Waals surface area contributed by atoms with Gasteiger partial charge >= 0.3 is 0 Å². The van der Waals surface area contributed by atoms with E-state index in [4.69, 9.17) is 11.6 Å². The highest BCUT2D eigenvalue weighted by Crippen LogP contribution is 2.30. The Morgan fingerprint density at radius 1 is 1.21 bits per heavy atom. The Morgan fingerprint density at radius 2 is 1.84 bits per heavy atom. The van der Waals surface area contributed by atoms with E-state index in [0.29, 0.717) is 16.9 Å². The van der Waals surface area contributed by atoms with Crippen LogP contribution in [0.3, 0.4) is 0 Å². The molecular weight excluding hydrogens is 375 g/mol. The summed E-state index contributed by atoms with van der Waals surface area (Å²) in [5, 5.41) is 4.92. The first kappa shape index (κ1) is 14.7. The van der Waals surface area contributed by atoms with Crippen molar-refractivity contribution in [2.45, 2.75) is 33.6 Å². The Hall–Kier alpha value is -0.690. The lowest BCUT2D eigenvalue weighted by Gasteiger charge is -2.11. The van der Waals surface area contributed by atoms with Gasteiger partial charge in [-0.3, -0.25) is 4.68 Å². The van der Waals surface area contributed by atoms with E-state index in [9.17, 15) is 0 Å². The normalized spacial score (nSPS) is 11.4. The van der Waals surface area contributed by atoms with Crippen molar-refractivity contribution in [2.24, 2.45) is 7.05 Å². The van der Waals surface area contributed by atoms with Crippen molar-refractivity contribution < 1.29 is 0 Å². The molecule has 0 amide bonds. The minimum Gasteiger partial charge on any atom is -0.272 e. The van der Waals surface area contributed by atoms with Gasteiger partial charge in [0.1, 0.15) is 5.15 Å². The summed E-state index contributed by atoms with van der Waals surface area (Å²) in [6.45, 7) is 8.19. The number of aromatic nitrogens is 4. The molecule has 0 fully saturated rings. The maximum atomic E-state index is 6.24. The van der Waals surface area contributed by atoms with Gasteiger partial charge in [-0.2, -0.15) is 5.10 Å². The second kappa shape index (κ2) is 5.36. The first-order valence-electron chi connectivity index (χ1n) is 6.06. The molecule has 2 aromatic rings. The Morgan fingerprint density at radius 3 is 2.32 bits per heavy atom. The van der Waals surface area contributed by atoms with Crippen LogP contribution >= 0.6 is 34.2 Å². The van der Waals surface area contributed by atoms with Crippen molar-refractivity contribution in [3.8, 4) is 11.4 Å². The van der Waals surface area contributed by atoms with Gasteiger partial charge in [0.15, 0.2) is 5.82 Å². The summed E-state index contributed by atoms with van der Waals surface area (Å²) in [5.41, 5.74) is 3.93. The van der Waals surface area contributed by atoms with Gasteiger partial charge in [-0.05, 0) is 42.4 Å². The summed E-state index contributed by atoms with van der Waals surface area (Å²) >= 11 is 8.44. The first-order valence-corrected chi connectivity index (χ1v) is 7.52. The summed E-state index contributed by atoms with van der Waals surface area (Å²) in [4.78, 5) is 9.10. The van der Waals surface area contributed by atoms with E-state index < -0.39 is 0 Å². The molecule has 2 aromatic heterocycles. The first-order chi connectivity index (χ1) is 8.82. The molecule has 19 heavy (non-hydrogen) atoms. The van der Waals surface area contributed by atoms with E-state index in [-0.39, 0.29) is 0 Å². The topological polar surface area (TPSA) is 43.6 Å². The second-order valence-electron chi connectivity index (χ2n) is 4.86. The van der Waals surface area contributed by atoms with Gasteiger partial charge in [0.2, 0.25) is 0 Å². The molecule has 0 N–H and O–H groups in total. The number of rotatable bonds is 2. The van der Waals surface area contributed by atoms with Gasteiger partial charge in [0.25, 0.3) is 0 Å². The van der Waals surface area contributed by atoms with E-state index in [1.54, 1.807) is 0 Å². The lowest BCUT2D eigenvalue weighted by atomic mass is 10.1. The SMILES string of the molecule is Cc1nn(C)c(C)c1-c1nc(Cl)c(I)c(C(C)C)n1. The fraction of sp³-hybridized carbons (Fsp3) is 0.462.